The molecule has 1 aromatic heterocycles. The summed E-state index contributed by atoms with van der Waals surface area (Å²) in [5, 5.41) is 14.6. The second-order valence-electron chi connectivity index (χ2n) is 9.09. The summed E-state index contributed by atoms with van der Waals surface area (Å²) < 4.78 is 20.8. The smallest absolute Gasteiger partial charge is 0.320 e. The number of benzene rings is 2. The van der Waals surface area contributed by atoms with Crippen LogP contribution in [0.15, 0.2) is 54.6 Å². The summed E-state index contributed by atoms with van der Waals surface area (Å²) in [6.45, 7) is 1.78. The first-order valence-electron chi connectivity index (χ1n) is 11.8. The molecule has 0 saturated carbocycles. The highest BCUT2D eigenvalue weighted by Crippen LogP contribution is 2.36. The molecule has 0 spiro atoms. The summed E-state index contributed by atoms with van der Waals surface area (Å²) >= 11 is 0. The van der Waals surface area contributed by atoms with Crippen molar-refractivity contribution in [3.63, 3.8) is 0 Å². The molecule has 3 N–H and O–H groups in total. The molecule has 1 saturated heterocycles. The van der Waals surface area contributed by atoms with Crippen LogP contribution >= 0.6 is 0 Å². The van der Waals surface area contributed by atoms with Gasteiger partial charge in [0.25, 0.3) is 0 Å². The van der Waals surface area contributed by atoms with E-state index in [0.29, 0.717) is 26.1 Å². The van der Waals surface area contributed by atoms with Gasteiger partial charge >= 0.3 is 6.03 Å². The number of anilines is 1. The van der Waals surface area contributed by atoms with E-state index in [9.17, 15) is 9.18 Å². The van der Waals surface area contributed by atoms with Crippen molar-refractivity contribution in [3.8, 4) is 5.69 Å². The highest BCUT2D eigenvalue weighted by Gasteiger charge is 2.45. The number of rotatable bonds is 7. The molecule has 1 aliphatic carbocycles. The van der Waals surface area contributed by atoms with Gasteiger partial charge in [-0.25, -0.2) is 13.9 Å². The molecule has 5 rings (SSSR count). The predicted octanol–water partition coefficient (Wildman–Crippen LogP) is 3.78. The van der Waals surface area contributed by atoms with Crippen LogP contribution in [-0.4, -0.2) is 48.2 Å². The Kier molecular flexibility index (Phi) is 6.34. The molecule has 2 aliphatic rings. The van der Waals surface area contributed by atoms with Crippen LogP contribution in [0.1, 0.15) is 35.6 Å². The SMILES string of the molecule is COCC[C@@]1(NC(=O)Nc2c3c(nn2-c2ccccc2)CCC3)CNC[C@H]1c1ccc(F)cc1. The number of carbonyl (C=O) groups is 1. The first kappa shape index (κ1) is 22.6. The van der Waals surface area contributed by atoms with Crippen LogP contribution < -0.4 is 16.0 Å². The van der Waals surface area contributed by atoms with Gasteiger partial charge in [-0.15, -0.1) is 0 Å². The van der Waals surface area contributed by atoms with Gasteiger partial charge in [-0.2, -0.15) is 5.10 Å². The normalized spacial score (nSPS) is 21.4. The van der Waals surface area contributed by atoms with Crippen molar-refractivity contribution < 1.29 is 13.9 Å². The number of ether oxygens (including phenoxy) is 1. The van der Waals surface area contributed by atoms with Crippen LogP contribution in [0.3, 0.4) is 0 Å². The van der Waals surface area contributed by atoms with Gasteiger partial charge in [-0.05, 0) is 55.5 Å². The number of halogens is 1. The van der Waals surface area contributed by atoms with Gasteiger partial charge in [0.1, 0.15) is 11.6 Å². The lowest BCUT2D eigenvalue weighted by Crippen LogP contribution is -2.55. The maximum Gasteiger partial charge on any atom is 0.320 e. The number of amides is 2. The van der Waals surface area contributed by atoms with E-state index in [1.54, 1.807) is 19.2 Å². The fourth-order valence-electron chi connectivity index (χ4n) is 5.27. The fraction of sp³-hybridized carbons (Fsp3) is 0.385. The molecule has 2 aromatic carbocycles. The first-order chi connectivity index (χ1) is 16.6. The summed E-state index contributed by atoms with van der Waals surface area (Å²) in [6, 6.07) is 16.1. The molecule has 0 unspecified atom stereocenters. The lowest BCUT2D eigenvalue weighted by atomic mass is 9.79. The number of carbonyl (C=O) groups excluding carboxylic acids is 1. The fourth-order valence-corrected chi connectivity index (χ4v) is 5.27. The topological polar surface area (TPSA) is 80.2 Å². The maximum absolute atomic E-state index is 13.6. The second-order valence-corrected chi connectivity index (χ2v) is 9.09. The quantitative estimate of drug-likeness (QED) is 0.498. The minimum atomic E-state index is -0.571. The monoisotopic (exact) mass is 463 g/mol. The highest BCUT2D eigenvalue weighted by atomic mass is 19.1. The zero-order valence-corrected chi connectivity index (χ0v) is 19.3. The van der Waals surface area contributed by atoms with E-state index in [0.717, 1.165) is 47.6 Å². The van der Waals surface area contributed by atoms with Crippen LogP contribution in [-0.2, 0) is 17.6 Å². The Morgan fingerprint density at radius 2 is 2.00 bits per heavy atom. The number of fused-ring (bicyclic) bond motifs is 1. The van der Waals surface area contributed by atoms with Crippen molar-refractivity contribution in [2.45, 2.75) is 37.1 Å². The van der Waals surface area contributed by atoms with Gasteiger partial charge in [0, 0.05) is 38.3 Å². The molecule has 3 aromatic rings. The minimum Gasteiger partial charge on any atom is -0.385 e. The summed E-state index contributed by atoms with van der Waals surface area (Å²) in [7, 11) is 1.66. The molecule has 34 heavy (non-hydrogen) atoms. The zero-order valence-electron chi connectivity index (χ0n) is 19.3. The van der Waals surface area contributed by atoms with E-state index in [2.05, 4.69) is 16.0 Å². The van der Waals surface area contributed by atoms with Crippen LogP contribution in [0.5, 0.6) is 0 Å². The summed E-state index contributed by atoms with van der Waals surface area (Å²) in [6.07, 6.45) is 3.48. The van der Waals surface area contributed by atoms with Gasteiger partial charge in [-0.1, -0.05) is 30.3 Å². The number of nitrogens with zero attached hydrogens (tertiary/aromatic N) is 2. The number of aromatic nitrogens is 2. The number of para-hydroxylation sites is 1. The molecule has 2 heterocycles. The second kappa shape index (κ2) is 9.56. The largest absolute Gasteiger partial charge is 0.385 e. The van der Waals surface area contributed by atoms with Crippen LogP contribution in [0.2, 0.25) is 0 Å². The standard InChI is InChI=1S/C26H30FN5O2/c1-34-15-14-26(17-28-16-22(26)18-10-12-19(27)13-11-18)30-25(33)29-24-21-8-5-9-23(21)31-32(24)20-6-3-2-4-7-20/h2-4,6-7,10-13,22,28H,5,8-9,14-17H2,1H3,(H2,29,30,33)/t22-,26+/m0/s1. The average Bonchev–Trinajstić information content (AvgIpc) is 3.55. The lowest BCUT2D eigenvalue weighted by molar-refractivity contribution is 0.155. The van der Waals surface area contributed by atoms with Gasteiger partial charge in [0.05, 0.1) is 16.9 Å². The van der Waals surface area contributed by atoms with Crippen LogP contribution in [0.25, 0.3) is 5.69 Å². The average molecular weight is 464 g/mol. The molecule has 1 aliphatic heterocycles. The summed E-state index contributed by atoms with van der Waals surface area (Å²) in [5.41, 5.74) is 3.47. The van der Waals surface area contributed by atoms with E-state index < -0.39 is 5.54 Å². The maximum atomic E-state index is 13.6. The molecule has 2 atom stereocenters. The Morgan fingerprint density at radius 1 is 1.21 bits per heavy atom. The summed E-state index contributed by atoms with van der Waals surface area (Å²) in [5.74, 6) is 0.437. The Labute approximate surface area is 198 Å². The molecule has 7 nitrogen and oxygen atoms in total. The molecule has 178 valence electrons. The van der Waals surface area contributed by atoms with E-state index in [4.69, 9.17) is 9.84 Å². The van der Waals surface area contributed by atoms with Crippen LogP contribution in [0.4, 0.5) is 15.0 Å². The van der Waals surface area contributed by atoms with Gasteiger partial charge in [0.15, 0.2) is 0 Å². The Morgan fingerprint density at radius 3 is 2.76 bits per heavy atom. The van der Waals surface area contributed by atoms with Gasteiger partial charge < -0.3 is 15.4 Å². The van der Waals surface area contributed by atoms with Crippen molar-refractivity contribution in [1.82, 2.24) is 20.4 Å². The molecule has 0 radical (unpaired) electrons. The molecule has 8 heteroatoms. The third-order valence-electron chi connectivity index (χ3n) is 6.98. The zero-order chi connectivity index (χ0) is 23.5. The summed E-state index contributed by atoms with van der Waals surface area (Å²) in [4.78, 5) is 13.5. The Bertz CT molecular complexity index is 1150. The highest BCUT2D eigenvalue weighted by molar-refractivity contribution is 5.90. The van der Waals surface area contributed by atoms with Crippen molar-refractivity contribution in [3.05, 3.63) is 77.2 Å². The van der Waals surface area contributed by atoms with Crippen molar-refractivity contribution >= 4 is 11.8 Å². The molecule has 2 amide bonds. The van der Waals surface area contributed by atoms with E-state index in [-0.39, 0.29) is 17.8 Å². The lowest BCUT2D eigenvalue weighted by Gasteiger charge is -2.36. The first-order valence-corrected chi connectivity index (χ1v) is 11.8. The van der Waals surface area contributed by atoms with Gasteiger partial charge in [-0.3, -0.25) is 5.32 Å². The van der Waals surface area contributed by atoms with Gasteiger partial charge in [0.2, 0.25) is 0 Å². The third kappa shape index (κ3) is 4.31. The van der Waals surface area contributed by atoms with E-state index in [1.807, 2.05) is 35.0 Å². The number of hydrogen-bond donors (Lipinski definition) is 3. The van der Waals surface area contributed by atoms with Crippen molar-refractivity contribution in [1.29, 1.82) is 0 Å². The number of urea groups is 1. The third-order valence-corrected chi connectivity index (χ3v) is 6.98. The predicted molar refractivity (Wildman–Crippen MR) is 129 cm³/mol. The number of nitrogens with one attached hydrogen (secondary N) is 3. The van der Waals surface area contributed by atoms with E-state index >= 15 is 0 Å². The minimum absolute atomic E-state index is 0.0150. The molecular formula is C26H30FN5O2. The molecule has 1 fully saturated rings. The number of aryl methyl sites for hydroxylation is 1. The number of hydrogen-bond acceptors (Lipinski definition) is 4. The van der Waals surface area contributed by atoms with E-state index in [1.165, 1.54) is 12.1 Å². The Balaban J connectivity index is 1.43. The van der Waals surface area contributed by atoms with Crippen molar-refractivity contribution in [2.24, 2.45) is 0 Å². The molecular weight excluding hydrogens is 433 g/mol. The molecule has 0 bridgehead atoms. The van der Waals surface area contributed by atoms with Crippen molar-refractivity contribution in [2.75, 3.05) is 32.1 Å². The number of methoxy groups -OCH3 is 1. The Hall–Kier alpha value is -3.23. The van der Waals surface area contributed by atoms with Crippen LogP contribution in [0, 0.1) is 5.82 Å².